The van der Waals surface area contributed by atoms with Crippen LogP contribution < -0.4 is 0 Å². The van der Waals surface area contributed by atoms with E-state index in [9.17, 15) is 13.2 Å². The highest BCUT2D eigenvalue weighted by Crippen LogP contribution is 2.22. The van der Waals surface area contributed by atoms with Crippen LogP contribution in [0, 0.1) is 13.8 Å². The Kier molecular flexibility index (Phi) is 5.83. The second kappa shape index (κ2) is 8.41. The van der Waals surface area contributed by atoms with E-state index in [0.29, 0.717) is 5.82 Å². The van der Waals surface area contributed by atoms with E-state index in [2.05, 4.69) is 10.1 Å². The second-order valence-electron chi connectivity index (χ2n) is 7.35. The molecule has 162 valence electrons. The molecule has 4 rings (SSSR count). The Morgan fingerprint density at radius 3 is 2.29 bits per heavy atom. The van der Waals surface area contributed by atoms with Crippen LogP contribution in [0.2, 0.25) is 5.02 Å². The molecule has 1 aromatic carbocycles. The van der Waals surface area contributed by atoms with Crippen LogP contribution in [0.5, 0.6) is 0 Å². The summed E-state index contributed by atoms with van der Waals surface area (Å²) in [7, 11) is -3.59. The van der Waals surface area contributed by atoms with E-state index < -0.39 is 10.0 Å². The first-order chi connectivity index (χ1) is 14.8. The van der Waals surface area contributed by atoms with Crippen molar-refractivity contribution in [3.63, 3.8) is 0 Å². The average Bonchev–Trinajstić information content (AvgIpc) is 3.12. The van der Waals surface area contributed by atoms with Crippen molar-refractivity contribution in [2.75, 3.05) is 26.2 Å². The molecule has 8 nitrogen and oxygen atoms in total. The standard InChI is InChI=1S/C21H22ClN5O3S/c1-15-14-16(2)27(24-15)19-9-8-18(22)20(23-19)21(28)25-10-12-26(13-11-25)31(29,30)17-6-4-3-5-7-17/h3-9,14H,10-13H2,1-2H3. The van der Waals surface area contributed by atoms with Crippen LogP contribution in [0.25, 0.3) is 5.82 Å². The van der Waals surface area contributed by atoms with Gasteiger partial charge in [0.2, 0.25) is 10.0 Å². The molecule has 3 aromatic rings. The van der Waals surface area contributed by atoms with Crippen molar-refractivity contribution in [2.24, 2.45) is 0 Å². The quantitative estimate of drug-likeness (QED) is 0.598. The van der Waals surface area contributed by atoms with Gasteiger partial charge < -0.3 is 4.90 Å². The number of benzene rings is 1. The molecule has 0 aliphatic carbocycles. The Morgan fingerprint density at radius 1 is 1.00 bits per heavy atom. The number of amides is 1. The van der Waals surface area contributed by atoms with Gasteiger partial charge in [0.05, 0.1) is 15.6 Å². The van der Waals surface area contributed by atoms with Crippen molar-refractivity contribution in [3.8, 4) is 5.82 Å². The monoisotopic (exact) mass is 459 g/mol. The molecular weight excluding hydrogens is 438 g/mol. The molecule has 1 aliphatic heterocycles. The van der Waals surface area contributed by atoms with Gasteiger partial charge in [-0.3, -0.25) is 4.79 Å². The molecule has 0 bridgehead atoms. The summed E-state index contributed by atoms with van der Waals surface area (Å²) in [4.78, 5) is 19.4. The number of hydrogen-bond donors (Lipinski definition) is 0. The van der Waals surface area contributed by atoms with E-state index >= 15 is 0 Å². The SMILES string of the molecule is Cc1cc(C)n(-c2ccc(Cl)c(C(=O)N3CCN(S(=O)(=O)c4ccccc4)CC3)n2)n1. The zero-order chi connectivity index (χ0) is 22.2. The lowest BCUT2D eigenvalue weighted by Crippen LogP contribution is -2.50. The number of hydrogen-bond acceptors (Lipinski definition) is 5. The molecule has 10 heteroatoms. The van der Waals surface area contributed by atoms with Crippen molar-refractivity contribution in [2.45, 2.75) is 18.7 Å². The molecule has 0 spiro atoms. The molecule has 0 atom stereocenters. The van der Waals surface area contributed by atoms with Gasteiger partial charge in [-0.1, -0.05) is 29.8 Å². The van der Waals surface area contributed by atoms with Gasteiger partial charge >= 0.3 is 0 Å². The Hall–Kier alpha value is -2.75. The predicted molar refractivity (Wildman–Crippen MR) is 117 cm³/mol. The molecule has 0 radical (unpaired) electrons. The molecule has 3 heterocycles. The van der Waals surface area contributed by atoms with Crippen LogP contribution in [-0.4, -0.2) is 64.5 Å². The van der Waals surface area contributed by atoms with Gasteiger partial charge in [-0.05, 0) is 44.2 Å². The molecule has 0 unspecified atom stereocenters. The van der Waals surface area contributed by atoms with Crippen molar-refractivity contribution in [1.82, 2.24) is 24.0 Å². The summed E-state index contributed by atoms with van der Waals surface area (Å²) in [6.45, 7) is 4.72. The van der Waals surface area contributed by atoms with Crippen molar-refractivity contribution < 1.29 is 13.2 Å². The number of aromatic nitrogens is 3. The fraction of sp³-hybridized carbons (Fsp3) is 0.286. The maximum Gasteiger partial charge on any atom is 0.274 e. The van der Waals surface area contributed by atoms with E-state index in [0.717, 1.165) is 11.4 Å². The molecule has 2 aromatic heterocycles. The first-order valence-electron chi connectivity index (χ1n) is 9.82. The summed E-state index contributed by atoms with van der Waals surface area (Å²) in [5.74, 6) is 0.175. The zero-order valence-electron chi connectivity index (χ0n) is 17.2. The van der Waals surface area contributed by atoms with Crippen molar-refractivity contribution in [1.29, 1.82) is 0 Å². The van der Waals surface area contributed by atoms with Gasteiger partial charge in [-0.2, -0.15) is 9.40 Å². The third kappa shape index (κ3) is 4.21. The maximum atomic E-state index is 13.1. The third-order valence-corrected chi connectivity index (χ3v) is 7.39. The number of sulfonamides is 1. The highest BCUT2D eigenvalue weighted by molar-refractivity contribution is 7.89. The molecule has 1 aliphatic rings. The molecular formula is C21H22ClN5O3S. The molecule has 0 saturated carbocycles. The maximum absolute atomic E-state index is 13.1. The first kappa shape index (κ1) is 21.5. The van der Waals surface area contributed by atoms with Gasteiger partial charge in [-0.25, -0.2) is 18.1 Å². The van der Waals surface area contributed by atoms with Crippen molar-refractivity contribution >= 4 is 27.5 Å². The summed E-state index contributed by atoms with van der Waals surface area (Å²) >= 11 is 6.28. The van der Waals surface area contributed by atoms with Crippen LogP contribution in [-0.2, 0) is 10.0 Å². The lowest BCUT2D eigenvalue weighted by Gasteiger charge is -2.34. The lowest BCUT2D eigenvalue weighted by molar-refractivity contribution is 0.0692. The van der Waals surface area contributed by atoms with E-state index in [-0.39, 0.29) is 47.7 Å². The zero-order valence-corrected chi connectivity index (χ0v) is 18.8. The number of nitrogens with zero attached hydrogens (tertiary/aromatic N) is 5. The summed E-state index contributed by atoms with van der Waals surface area (Å²) in [5.41, 5.74) is 1.87. The Labute approximate surface area is 186 Å². The second-order valence-corrected chi connectivity index (χ2v) is 9.69. The first-order valence-corrected chi connectivity index (χ1v) is 11.6. The predicted octanol–water partition coefficient (Wildman–Crippen LogP) is 2.68. The van der Waals surface area contributed by atoms with Gasteiger partial charge in [-0.15, -0.1) is 0 Å². The summed E-state index contributed by atoms with van der Waals surface area (Å²) in [6.07, 6.45) is 0. The Bertz CT molecular complexity index is 1220. The average molecular weight is 460 g/mol. The minimum atomic E-state index is -3.59. The topological polar surface area (TPSA) is 88.4 Å². The number of pyridine rings is 1. The largest absolute Gasteiger partial charge is 0.335 e. The molecule has 0 N–H and O–H groups in total. The van der Waals surface area contributed by atoms with Crippen LogP contribution in [0.1, 0.15) is 21.9 Å². The van der Waals surface area contributed by atoms with Crippen LogP contribution >= 0.6 is 11.6 Å². The lowest BCUT2D eigenvalue weighted by atomic mass is 10.2. The van der Waals surface area contributed by atoms with E-state index in [1.807, 2.05) is 19.9 Å². The summed E-state index contributed by atoms with van der Waals surface area (Å²) in [5, 5.41) is 4.65. The van der Waals surface area contributed by atoms with Crippen LogP contribution in [0.15, 0.2) is 53.4 Å². The van der Waals surface area contributed by atoms with Gasteiger partial charge in [0.15, 0.2) is 5.82 Å². The Morgan fingerprint density at radius 2 is 1.68 bits per heavy atom. The number of rotatable bonds is 4. The number of carbonyl (C=O) groups is 1. The Balaban J connectivity index is 1.52. The van der Waals surface area contributed by atoms with Gasteiger partial charge in [0.1, 0.15) is 5.69 Å². The van der Waals surface area contributed by atoms with E-state index in [1.165, 1.54) is 4.31 Å². The number of carbonyl (C=O) groups excluding carboxylic acids is 1. The third-order valence-electron chi connectivity index (χ3n) is 5.17. The van der Waals surface area contributed by atoms with E-state index in [4.69, 9.17) is 11.6 Å². The summed E-state index contributed by atoms with van der Waals surface area (Å²) in [6, 6.07) is 13.6. The fourth-order valence-electron chi connectivity index (χ4n) is 3.58. The number of piperazine rings is 1. The highest BCUT2D eigenvalue weighted by Gasteiger charge is 2.31. The molecule has 1 fully saturated rings. The minimum Gasteiger partial charge on any atom is -0.335 e. The normalized spacial score (nSPS) is 15.3. The minimum absolute atomic E-state index is 0.131. The van der Waals surface area contributed by atoms with Crippen LogP contribution in [0.3, 0.4) is 0 Å². The van der Waals surface area contributed by atoms with E-state index in [1.54, 1.807) is 52.0 Å². The smallest absolute Gasteiger partial charge is 0.274 e. The van der Waals surface area contributed by atoms with Gasteiger partial charge in [0.25, 0.3) is 5.91 Å². The van der Waals surface area contributed by atoms with Gasteiger partial charge in [0, 0.05) is 31.9 Å². The highest BCUT2D eigenvalue weighted by atomic mass is 35.5. The number of halogens is 1. The van der Waals surface area contributed by atoms with Crippen molar-refractivity contribution in [3.05, 3.63) is 70.6 Å². The molecule has 1 saturated heterocycles. The fourth-order valence-corrected chi connectivity index (χ4v) is 5.21. The number of aryl methyl sites for hydroxylation is 2. The molecule has 1 amide bonds. The molecule has 31 heavy (non-hydrogen) atoms. The summed E-state index contributed by atoms with van der Waals surface area (Å²) < 4.78 is 28.7. The van der Waals surface area contributed by atoms with Crippen LogP contribution in [0.4, 0.5) is 0 Å².